The molecule has 11 heteroatoms. The minimum Gasteiger partial charge on any atom is -0.488 e. The summed E-state index contributed by atoms with van der Waals surface area (Å²) in [5, 5.41) is 0. The summed E-state index contributed by atoms with van der Waals surface area (Å²) in [6.07, 6.45) is 8.72. The van der Waals surface area contributed by atoms with E-state index in [-0.39, 0.29) is 16.2 Å². The Kier molecular flexibility index (Phi) is 10.9. The Balaban J connectivity index is 1.10. The molecule has 4 aromatic carbocycles. The summed E-state index contributed by atoms with van der Waals surface area (Å²) in [6.45, 7) is 7.79. The molecule has 2 aliphatic carbocycles. The monoisotopic (exact) mass is 766 g/mol. The van der Waals surface area contributed by atoms with Crippen molar-refractivity contribution in [3.05, 3.63) is 154 Å². The molecule has 0 aliphatic heterocycles. The Hall–Kier alpha value is -5.26. The molecule has 9 nitrogen and oxygen atoms in total. The van der Waals surface area contributed by atoms with E-state index in [0.717, 1.165) is 11.1 Å². The standard InChI is InChI=1S/C43H46N2O7S2/c1-5-43(4,52-37-16-12-33(45)13-17-37)31-8-24-39(25-9-31)54(48,49)41-28-20-36(21-29-41)51-42(2,3)30-6-22-38(23-7-30)53(46,47)40-26-18-35(19-27-40)50-34-14-10-32(44)11-15-34/h6-18,20,22-26,28H,5,19,21,27,29,44-45H2,1-4H3. The second kappa shape index (κ2) is 15.2. The van der Waals surface area contributed by atoms with E-state index in [9.17, 15) is 16.8 Å². The molecule has 0 radical (unpaired) electrons. The Morgan fingerprint density at radius 3 is 1.43 bits per heavy atom. The maximum Gasteiger partial charge on any atom is 0.202 e. The molecule has 1 unspecified atom stereocenters. The van der Waals surface area contributed by atoms with Crippen molar-refractivity contribution in [3.63, 3.8) is 0 Å². The molecule has 4 N–H and O–H groups in total. The van der Waals surface area contributed by atoms with Crippen LogP contribution in [-0.2, 0) is 35.6 Å². The van der Waals surface area contributed by atoms with Gasteiger partial charge in [-0.25, -0.2) is 16.8 Å². The van der Waals surface area contributed by atoms with Crippen LogP contribution < -0.4 is 20.9 Å². The van der Waals surface area contributed by atoms with Gasteiger partial charge in [-0.15, -0.1) is 0 Å². The lowest BCUT2D eigenvalue weighted by atomic mass is 9.93. The van der Waals surface area contributed by atoms with Gasteiger partial charge in [0.25, 0.3) is 0 Å². The second-order valence-electron chi connectivity index (χ2n) is 14.1. The van der Waals surface area contributed by atoms with E-state index in [2.05, 4.69) is 0 Å². The molecule has 0 amide bonds. The number of allylic oxidation sites excluding steroid dienone is 8. The molecule has 0 fully saturated rings. The van der Waals surface area contributed by atoms with Gasteiger partial charge < -0.3 is 25.7 Å². The highest BCUT2D eigenvalue weighted by atomic mass is 32.2. The van der Waals surface area contributed by atoms with Crippen LogP contribution in [0.1, 0.15) is 70.9 Å². The van der Waals surface area contributed by atoms with Crippen molar-refractivity contribution in [2.75, 3.05) is 11.5 Å². The lowest BCUT2D eigenvalue weighted by molar-refractivity contribution is 0.0264. The fourth-order valence-corrected chi connectivity index (χ4v) is 9.18. The van der Waals surface area contributed by atoms with Crippen LogP contribution in [0.3, 0.4) is 0 Å². The van der Waals surface area contributed by atoms with Gasteiger partial charge in [-0.05, 0) is 148 Å². The van der Waals surface area contributed by atoms with Crippen molar-refractivity contribution in [2.45, 2.75) is 80.8 Å². The number of rotatable bonds is 13. The predicted molar refractivity (Wildman–Crippen MR) is 213 cm³/mol. The Labute approximate surface area is 318 Å². The molecule has 0 saturated carbocycles. The number of nitrogens with two attached hydrogens (primary N) is 2. The maximum atomic E-state index is 13.6. The predicted octanol–water partition coefficient (Wildman–Crippen LogP) is 9.26. The zero-order valence-corrected chi connectivity index (χ0v) is 32.5. The highest BCUT2D eigenvalue weighted by molar-refractivity contribution is 7.95. The van der Waals surface area contributed by atoms with Crippen molar-refractivity contribution in [1.29, 1.82) is 0 Å². The largest absolute Gasteiger partial charge is 0.488 e. The number of hydrogen-bond donors (Lipinski definition) is 2. The van der Waals surface area contributed by atoms with Crippen LogP contribution in [-0.4, -0.2) is 16.8 Å². The number of sulfone groups is 2. The van der Waals surface area contributed by atoms with E-state index in [1.165, 1.54) is 0 Å². The van der Waals surface area contributed by atoms with Gasteiger partial charge in [-0.2, -0.15) is 0 Å². The van der Waals surface area contributed by atoms with Crippen LogP contribution in [0.5, 0.6) is 11.5 Å². The molecule has 1 atom stereocenters. The topological polar surface area (TPSA) is 148 Å². The van der Waals surface area contributed by atoms with Gasteiger partial charge >= 0.3 is 0 Å². The number of anilines is 2. The minimum atomic E-state index is -3.73. The van der Waals surface area contributed by atoms with Gasteiger partial charge in [0, 0.05) is 34.0 Å². The first-order valence-electron chi connectivity index (χ1n) is 17.9. The zero-order valence-electron chi connectivity index (χ0n) is 30.9. The molecule has 0 heterocycles. The fraction of sp³-hybridized carbons (Fsp3) is 0.256. The molecule has 4 aromatic rings. The number of hydrogen-bond acceptors (Lipinski definition) is 9. The zero-order chi connectivity index (χ0) is 38.7. The van der Waals surface area contributed by atoms with E-state index in [4.69, 9.17) is 25.7 Å². The van der Waals surface area contributed by atoms with Crippen molar-refractivity contribution in [3.8, 4) is 11.5 Å². The summed E-state index contributed by atoms with van der Waals surface area (Å²) in [6, 6.07) is 27.8. The third kappa shape index (κ3) is 8.42. The Bertz CT molecular complexity index is 2340. The van der Waals surface area contributed by atoms with E-state index in [1.807, 2.05) is 39.8 Å². The molecular formula is C43H46N2O7S2. The third-order valence-corrected chi connectivity index (χ3v) is 13.7. The van der Waals surface area contributed by atoms with Gasteiger partial charge in [0.15, 0.2) is 0 Å². The van der Waals surface area contributed by atoms with E-state index in [0.29, 0.717) is 69.9 Å². The first-order chi connectivity index (χ1) is 25.6. The van der Waals surface area contributed by atoms with Crippen LogP contribution in [0.2, 0.25) is 0 Å². The molecule has 0 spiro atoms. The average Bonchev–Trinajstić information content (AvgIpc) is 3.17. The van der Waals surface area contributed by atoms with Gasteiger partial charge in [-0.1, -0.05) is 31.2 Å². The summed E-state index contributed by atoms with van der Waals surface area (Å²) >= 11 is 0. The maximum absolute atomic E-state index is 13.6. The summed E-state index contributed by atoms with van der Waals surface area (Å²) in [5.41, 5.74) is 13.0. The number of ether oxygens (including phenoxy) is 3. The van der Waals surface area contributed by atoms with Gasteiger partial charge in [0.2, 0.25) is 19.7 Å². The summed E-state index contributed by atoms with van der Waals surface area (Å²) < 4.78 is 72.8. The molecule has 0 bridgehead atoms. The SMILES string of the molecule is CCC(C)(Oc1ccc(N)cc1)c1ccc(S(=O)(=O)C2=CC=C(OC(C)(C)c3ccc(S(=O)(=O)C4=CC=C(Oc5ccc(N)cc5)CC4)cc3)CC2)cc1. The highest BCUT2D eigenvalue weighted by Gasteiger charge is 2.31. The van der Waals surface area contributed by atoms with Crippen LogP contribution >= 0.6 is 0 Å². The van der Waals surface area contributed by atoms with Crippen LogP contribution in [0.4, 0.5) is 11.4 Å². The quantitative estimate of drug-likeness (QED) is 0.127. The normalized spacial score (nSPS) is 16.2. The number of benzene rings is 4. The average molecular weight is 767 g/mol. The highest BCUT2D eigenvalue weighted by Crippen LogP contribution is 2.37. The van der Waals surface area contributed by atoms with Crippen molar-refractivity contribution in [1.82, 2.24) is 0 Å². The van der Waals surface area contributed by atoms with Gasteiger partial charge in [-0.3, -0.25) is 0 Å². The lowest BCUT2D eigenvalue weighted by Gasteiger charge is -2.30. The van der Waals surface area contributed by atoms with E-state index < -0.39 is 30.9 Å². The molecule has 0 saturated heterocycles. The molecular weight excluding hydrogens is 721 g/mol. The summed E-state index contributed by atoms with van der Waals surface area (Å²) in [7, 11) is -7.44. The Morgan fingerprint density at radius 2 is 0.981 bits per heavy atom. The van der Waals surface area contributed by atoms with Gasteiger partial charge in [0.1, 0.15) is 28.5 Å². The molecule has 6 rings (SSSR count). The van der Waals surface area contributed by atoms with E-state index >= 15 is 0 Å². The first kappa shape index (κ1) is 38.5. The minimum absolute atomic E-state index is 0.195. The molecule has 282 valence electrons. The van der Waals surface area contributed by atoms with Crippen LogP contribution in [0.15, 0.2) is 152 Å². The first-order valence-corrected chi connectivity index (χ1v) is 20.8. The molecule has 2 aliphatic rings. The summed E-state index contributed by atoms with van der Waals surface area (Å²) in [4.78, 5) is 1.03. The Morgan fingerprint density at radius 1 is 0.537 bits per heavy atom. The molecule has 0 aromatic heterocycles. The lowest BCUT2D eigenvalue weighted by Crippen LogP contribution is -2.28. The van der Waals surface area contributed by atoms with Crippen LogP contribution in [0.25, 0.3) is 0 Å². The summed E-state index contributed by atoms with van der Waals surface area (Å²) in [5.74, 6) is 2.63. The second-order valence-corrected chi connectivity index (χ2v) is 18.1. The number of nitrogen functional groups attached to an aromatic ring is 2. The van der Waals surface area contributed by atoms with Crippen molar-refractivity contribution < 1.29 is 31.0 Å². The van der Waals surface area contributed by atoms with Crippen molar-refractivity contribution in [2.24, 2.45) is 0 Å². The van der Waals surface area contributed by atoms with Gasteiger partial charge in [0.05, 0.1) is 15.6 Å². The fourth-order valence-electron chi connectivity index (χ4n) is 6.35. The van der Waals surface area contributed by atoms with Crippen molar-refractivity contribution >= 4 is 31.0 Å². The molecule has 54 heavy (non-hydrogen) atoms. The van der Waals surface area contributed by atoms with Crippen LogP contribution in [0, 0.1) is 0 Å². The van der Waals surface area contributed by atoms with E-state index in [1.54, 1.807) is 109 Å². The smallest absolute Gasteiger partial charge is 0.202 e. The third-order valence-electron chi connectivity index (χ3n) is 9.88.